The zero-order valence-corrected chi connectivity index (χ0v) is 27.3. The van der Waals surface area contributed by atoms with Crippen molar-refractivity contribution in [2.45, 2.75) is 121 Å². The number of urea groups is 1. The average Bonchev–Trinajstić information content (AvgIpc) is 3.77. The number of halogens is 6. The molecule has 1 N–H and O–H groups in total. The van der Waals surface area contributed by atoms with Crippen LogP contribution in [-0.2, 0) is 4.79 Å². The minimum atomic E-state index is -4.81. The van der Waals surface area contributed by atoms with Crippen molar-refractivity contribution in [1.29, 1.82) is 0 Å². The molecule has 2 unspecified atom stereocenters. The molecule has 3 aliphatic rings. The third-order valence-corrected chi connectivity index (χ3v) is 8.76. The number of carbonyl (C=O) groups is 2. The second-order valence-corrected chi connectivity index (χ2v) is 12.3. The van der Waals surface area contributed by atoms with Gasteiger partial charge in [-0.3, -0.25) is 9.69 Å². The van der Waals surface area contributed by atoms with Gasteiger partial charge in [0.1, 0.15) is 11.9 Å². The number of nitrogens with zero attached hydrogens (tertiary/aromatic N) is 2. The topological polar surface area (TPSA) is 52.7 Å². The monoisotopic (exact) mass is 665 g/mol. The molecule has 258 valence electrons. The van der Waals surface area contributed by atoms with Crippen LogP contribution in [-0.4, -0.2) is 53.6 Å². The Morgan fingerprint density at radius 3 is 2.28 bits per heavy atom. The Balaban J connectivity index is 0.00000142. The summed E-state index contributed by atoms with van der Waals surface area (Å²) in [7, 11) is 0. The number of alkyl halides is 5. The van der Waals surface area contributed by atoms with Gasteiger partial charge in [0, 0.05) is 25.4 Å². The van der Waals surface area contributed by atoms with E-state index >= 15 is 4.39 Å². The van der Waals surface area contributed by atoms with Gasteiger partial charge in [-0.1, -0.05) is 57.4 Å². The quantitative estimate of drug-likeness (QED) is 0.163. The first-order valence-corrected chi connectivity index (χ1v) is 16.3. The molecule has 1 saturated heterocycles. The number of anilines is 1. The van der Waals surface area contributed by atoms with E-state index in [1.807, 2.05) is 0 Å². The van der Waals surface area contributed by atoms with Crippen LogP contribution in [0.2, 0.25) is 0 Å². The number of likely N-dealkylation sites (tertiary alicyclic amines) is 1. The van der Waals surface area contributed by atoms with Crippen LogP contribution in [0.5, 0.6) is 0 Å². The van der Waals surface area contributed by atoms with E-state index in [9.17, 15) is 31.5 Å². The third kappa shape index (κ3) is 9.91. The second-order valence-electron chi connectivity index (χ2n) is 12.3. The molecular formula is C36H45F6N3O2. The van der Waals surface area contributed by atoms with Gasteiger partial charge in [0.15, 0.2) is 0 Å². The van der Waals surface area contributed by atoms with Crippen LogP contribution in [0, 0.1) is 18.2 Å². The third-order valence-electron chi connectivity index (χ3n) is 8.76. The van der Waals surface area contributed by atoms with Crippen molar-refractivity contribution in [3.05, 3.63) is 65.5 Å². The maximum Gasteiger partial charge on any atom is 0.416 e. The summed E-state index contributed by atoms with van der Waals surface area (Å²) >= 11 is 0. The van der Waals surface area contributed by atoms with Gasteiger partial charge >= 0.3 is 12.2 Å². The van der Waals surface area contributed by atoms with Crippen molar-refractivity contribution >= 4 is 17.6 Å². The van der Waals surface area contributed by atoms with Gasteiger partial charge in [0.25, 0.3) is 0 Å². The van der Waals surface area contributed by atoms with Gasteiger partial charge in [-0.2, -0.15) is 13.2 Å². The highest BCUT2D eigenvalue weighted by Gasteiger charge is 2.43. The molecule has 1 aliphatic heterocycles. The van der Waals surface area contributed by atoms with E-state index < -0.39 is 66.4 Å². The molecule has 2 saturated carbocycles. The van der Waals surface area contributed by atoms with E-state index in [2.05, 4.69) is 31.7 Å². The predicted octanol–water partition coefficient (Wildman–Crippen LogP) is 9.22. The fourth-order valence-corrected chi connectivity index (χ4v) is 5.69. The molecule has 2 atom stereocenters. The SMILES string of the molecule is C#CC1CCCN1C(=O)N(c1ccc(C2CC2)cc1F)C(C(=O)NC1CCC(F)(F)CC1)/C(C=C)=C/C(=C\C)C(F)(F)F.CCCC. The highest BCUT2D eigenvalue weighted by Crippen LogP contribution is 2.42. The molecule has 0 radical (unpaired) electrons. The summed E-state index contributed by atoms with van der Waals surface area (Å²) in [6.07, 6.45) is 7.58. The molecule has 2 aliphatic carbocycles. The summed E-state index contributed by atoms with van der Waals surface area (Å²) in [5, 5.41) is 2.64. The lowest BCUT2D eigenvalue weighted by molar-refractivity contribution is -0.123. The van der Waals surface area contributed by atoms with Crippen LogP contribution < -0.4 is 10.2 Å². The van der Waals surface area contributed by atoms with Crippen LogP contribution in [0.4, 0.5) is 36.8 Å². The number of rotatable bonds is 9. The van der Waals surface area contributed by atoms with E-state index in [1.54, 1.807) is 6.07 Å². The molecule has 1 aromatic carbocycles. The first-order valence-electron chi connectivity index (χ1n) is 16.3. The van der Waals surface area contributed by atoms with Crippen molar-refractivity contribution in [3.8, 4) is 12.3 Å². The Morgan fingerprint density at radius 2 is 1.79 bits per heavy atom. The van der Waals surface area contributed by atoms with Gasteiger partial charge in [-0.15, -0.1) is 6.42 Å². The summed E-state index contributed by atoms with van der Waals surface area (Å²) < 4.78 is 85.1. The molecule has 11 heteroatoms. The highest BCUT2D eigenvalue weighted by molar-refractivity contribution is 6.02. The summed E-state index contributed by atoms with van der Waals surface area (Å²) in [6.45, 7) is 9.33. The fourth-order valence-electron chi connectivity index (χ4n) is 5.69. The maximum absolute atomic E-state index is 15.9. The van der Waals surface area contributed by atoms with Gasteiger partial charge in [-0.05, 0) is 80.7 Å². The summed E-state index contributed by atoms with van der Waals surface area (Å²) in [5.41, 5.74) is -1.07. The normalized spacial score (nSPS) is 20.9. The number of nitrogens with one attached hydrogen (secondary N) is 1. The smallest absolute Gasteiger partial charge is 0.351 e. The van der Waals surface area contributed by atoms with Crippen molar-refractivity contribution in [1.82, 2.24) is 10.2 Å². The Kier molecular flexibility index (Phi) is 13.2. The summed E-state index contributed by atoms with van der Waals surface area (Å²) in [6, 6.07) is 0.129. The van der Waals surface area contributed by atoms with Gasteiger partial charge < -0.3 is 10.2 Å². The lowest BCUT2D eigenvalue weighted by atomic mass is 9.91. The largest absolute Gasteiger partial charge is 0.416 e. The molecule has 3 fully saturated rings. The molecular weight excluding hydrogens is 620 g/mol. The average molecular weight is 666 g/mol. The first-order chi connectivity index (χ1) is 22.2. The molecule has 1 aromatic rings. The number of amides is 3. The zero-order valence-electron chi connectivity index (χ0n) is 27.3. The van der Waals surface area contributed by atoms with E-state index in [0.717, 1.165) is 36.8 Å². The summed E-state index contributed by atoms with van der Waals surface area (Å²) in [5.74, 6) is -2.01. The lowest BCUT2D eigenvalue weighted by Crippen LogP contribution is -2.57. The first kappa shape index (κ1) is 37.8. The molecule has 0 bridgehead atoms. The number of terminal acetylenes is 1. The summed E-state index contributed by atoms with van der Waals surface area (Å²) in [4.78, 5) is 30.3. The van der Waals surface area contributed by atoms with E-state index in [1.165, 1.54) is 29.9 Å². The molecule has 3 amide bonds. The number of unbranched alkanes of at least 4 members (excludes halogenated alkanes) is 1. The van der Waals surface area contributed by atoms with Crippen molar-refractivity contribution in [2.75, 3.05) is 11.4 Å². The number of carbonyl (C=O) groups excluding carboxylic acids is 2. The number of hydrogen-bond acceptors (Lipinski definition) is 2. The van der Waals surface area contributed by atoms with Crippen molar-refractivity contribution < 1.29 is 35.9 Å². The van der Waals surface area contributed by atoms with Crippen LogP contribution in [0.1, 0.15) is 96.5 Å². The Morgan fingerprint density at radius 1 is 1.15 bits per heavy atom. The molecule has 4 rings (SSSR count). The van der Waals surface area contributed by atoms with E-state index in [-0.39, 0.29) is 36.6 Å². The lowest BCUT2D eigenvalue weighted by Gasteiger charge is -2.37. The molecule has 0 spiro atoms. The van der Waals surface area contributed by atoms with Crippen LogP contribution in [0.3, 0.4) is 0 Å². The minimum Gasteiger partial charge on any atom is -0.351 e. The number of allylic oxidation sites excluding steroid dienone is 3. The maximum atomic E-state index is 15.9. The highest BCUT2D eigenvalue weighted by atomic mass is 19.4. The fraction of sp³-hybridized carbons (Fsp3) is 0.556. The Labute approximate surface area is 274 Å². The van der Waals surface area contributed by atoms with Gasteiger partial charge in [-0.25, -0.2) is 18.0 Å². The minimum absolute atomic E-state index is 0.0784. The molecule has 0 aromatic heterocycles. The van der Waals surface area contributed by atoms with E-state index in [4.69, 9.17) is 6.42 Å². The van der Waals surface area contributed by atoms with Crippen LogP contribution in [0.25, 0.3) is 0 Å². The molecule has 47 heavy (non-hydrogen) atoms. The predicted molar refractivity (Wildman–Crippen MR) is 173 cm³/mol. The molecule has 1 heterocycles. The van der Waals surface area contributed by atoms with E-state index in [0.29, 0.717) is 24.5 Å². The molecule has 5 nitrogen and oxygen atoms in total. The van der Waals surface area contributed by atoms with Crippen LogP contribution in [0.15, 0.2) is 54.2 Å². The zero-order chi connectivity index (χ0) is 34.9. The number of hydrogen-bond donors (Lipinski definition) is 1. The Hall–Kier alpha value is -3.68. The Bertz CT molecular complexity index is 1360. The van der Waals surface area contributed by atoms with Crippen molar-refractivity contribution in [2.24, 2.45) is 0 Å². The van der Waals surface area contributed by atoms with Crippen molar-refractivity contribution in [3.63, 3.8) is 0 Å². The van der Waals surface area contributed by atoms with Crippen LogP contribution >= 0.6 is 0 Å². The van der Waals surface area contributed by atoms with Gasteiger partial charge in [0.2, 0.25) is 11.8 Å². The number of benzene rings is 1. The van der Waals surface area contributed by atoms with Gasteiger partial charge in [0.05, 0.1) is 17.3 Å². The second kappa shape index (κ2) is 16.4. The standard InChI is InChI=1S/C32H35F6N3O2.C4H10/c1-4-20(18-23(5-2)32(36,37)38)28(29(42)39-24-13-15-31(34,35)16-14-24)41(30(43)40-17-7-8-25(40)6-3)27-12-11-22(19-26(27)33)21-9-10-21;1-3-4-2/h3-5,11-12,18-19,21,24-25,28H,1,7-10,13-17H2,2H3,(H,39,42);3-4H2,1-2H3/b20-18+,23-5+;.